The van der Waals surface area contributed by atoms with E-state index in [1.807, 2.05) is 5.38 Å². The molecule has 25 heavy (non-hydrogen) atoms. The van der Waals surface area contributed by atoms with E-state index in [0.717, 1.165) is 24.8 Å². The van der Waals surface area contributed by atoms with Crippen molar-refractivity contribution < 1.29 is 18.7 Å². The highest BCUT2D eigenvalue weighted by Crippen LogP contribution is 2.33. The lowest BCUT2D eigenvalue weighted by Gasteiger charge is -2.19. The van der Waals surface area contributed by atoms with Gasteiger partial charge in [-0.25, -0.2) is 9.18 Å². The maximum absolute atomic E-state index is 13.6. The zero-order valence-electron chi connectivity index (χ0n) is 14.2. The van der Waals surface area contributed by atoms with E-state index < -0.39 is 23.8 Å². The minimum Gasteiger partial charge on any atom is -0.449 e. The summed E-state index contributed by atoms with van der Waals surface area (Å²) in [6, 6.07) is 5.87. The van der Waals surface area contributed by atoms with Gasteiger partial charge in [0.1, 0.15) is 5.82 Å². The molecule has 1 aliphatic carbocycles. The quantitative estimate of drug-likeness (QED) is 0.831. The fourth-order valence-electron chi connectivity index (χ4n) is 2.92. The number of nitrogens with one attached hydrogen (secondary N) is 1. The number of anilines is 1. The number of hydrogen-bond acceptors (Lipinski definition) is 4. The first-order valence-corrected chi connectivity index (χ1v) is 9.19. The molecule has 1 aromatic heterocycles. The van der Waals surface area contributed by atoms with Gasteiger partial charge in [0.15, 0.2) is 6.10 Å². The number of halogens is 1. The van der Waals surface area contributed by atoms with Gasteiger partial charge in [-0.15, -0.1) is 11.3 Å². The summed E-state index contributed by atoms with van der Waals surface area (Å²) in [6.07, 6.45) is 1.88. The van der Waals surface area contributed by atoms with Crippen molar-refractivity contribution in [3.05, 3.63) is 51.5 Å². The second-order valence-electron chi connectivity index (χ2n) is 6.42. The highest BCUT2D eigenvalue weighted by Gasteiger charge is 2.26. The zero-order chi connectivity index (χ0) is 18.0. The molecule has 3 rings (SSSR count). The molecule has 0 fully saturated rings. The van der Waals surface area contributed by atoms with E-state index in [0.29, 0.717) is 11.5 Å². The molecule has 2 aromatic rings. The number of hydrogen-bond donors (Lipinski definition) is 1. The van der Waals surface area contributed by atoms with Gasteiger partial charge in [0.05, 0.1) is 11.3 Å². The Balaban J connectivity index is 1.65. The van der Waals surface area contributed by atoms with Gasteiger partial charge in [-0.1, -0.05) is 19.1 Å². The van der Waals surface area contributed by atoms with Crippen molar-refractivity contribution in [2.75, 3.05) is 5.32 Å². The Labute approximate surface area is 150 Å². The van der Waals surface area contributed by atoms with Crippen molar-refractivity contribution >= 4 is 28.9 Å². The van der Waals surface area contributed by atoms with Crippen molar-refractivity contribution in [2.24, 2.45) is 5.92 Å². The predicted octanol–water partition coefficient (Wildman–Crippen LogP) is 4.20. The van der Waals surface area contributed by atoms with Crippen LogP contribution in [0.3, 0.4) is 0 Å². The van der Waals surface area contributed by atoms with Crippen LogP contribution in [0.4, 0.5) is 10.1 Å². The van der Waals surface area contributed by atoms with Crippen LogP contribution < -0.4 is 5.32 Å². The molecule has 6 heteroatoms. The molecule has 1 aliphatic rings. The first-order valence-electron chi connectivity index (χ1n) is 8.31. The summed E-state index contributed by atoms with van der Waals surface area (Å²) < 4.78 is 18.9. The number of esters is 1. The Hall–Kier alpha value is -2.21. The van der Waals surface area contributed by atoms with Crippen LogP contribution in [0.5, 0.6) is 0 Å². The third-order valence-corrected chi connectivity index (χ3v) is 5.46. The molecule has 0 saturated carbocycles. The standard InChI is InChI=1S/C19H20FNO3S/c1-11-7-8-13-14(10-25-17(13)9-11)19(23)24-12(2)18(22)21-16-6-4-3-5-15(16)20/h3-6,10-12H,7-9H2,1-2H3,(H,21,22). The largest absolute Gasteiger partial charge is 0.449 e. The summed E-state index contributed by atoms with van der Waals surface area (Å²) in [5, 5.41) is 4.25. The molecular formula is C19H20FNO3S. The van der Waals surface area contributed by atoms with Crippen LogP contribution >= 0.6 is 11.3 Å². The molecule has 2 unspecified atom stereocenters. The molecule has 132 valence electrons. The van der Waals surface area contributed by atoms with Gasteiger partial charge in [0.2, 0.25) is 0 Å². The summed E-state index contributed by atoms with van der Waals surface area (Å²) in [5.74, 6) is -0.963. The number of thiophene rings is 1. The minimum absolute atomic E-state index is 0.0669. The number of fused-ring (bicyclic) bond motifs is 1. The number of carbonyl (C=O) groups is 2. The smallest absolute Gasteiger partial charge is 0.340 e. The highest BCUT2D eigenvalue weighted by atomic mass is 32.1. The van der Waals surface area contributed by atoms with Gasteiger partial charge in [-0.3, -0.25) is 4.79 Å². The van der Waals surface area contributed by atoms with Crippen LogP contribution in [0.1, 0.15) is 41.1 Å². The van der Waals surface area contributed by atoms with Crippen molar-refractivity contribution in [3.8, 4) is 0 Å². The molecule has 0 bridgehead atoms. The lowest BCUT2D eigenvalue weighted by Crippen LogP contribution is -2.30. The van der Waals surface area contributed by atoms with E-state index in [1.54, 1.807) is 17.4 Å². The van der Waals surface area contributed by atoms with Crippen LogP contribution in [0, 0.1) is 11.7 Å². The third-order valence-electron chi connectivity index (χ3n) is 4.41. The summed E-state index contributed by atoms with van der Waals surface area (Å²) in [4.78, 5) is 25.8. The first kappa shape index (κ1) is 17.6. The van der Waals surface area contributed by atoms with Crippen LogP contribution in [-0.4, -0.2) is 18.0 Å². The third kappa shape index (κ3) is 3.90. The van der Waals surface area contributed by atoms with Crippen molar-refractivity contribution in [1.29, 1.82) is 0 Å². The number of ether oxygens (including phenoxy) is 1. The van der Waals surface area contributed by atoms with Gasteiger partial charge in [-0.2, -0.15) is 0 Å². The van der Waals surface area contributed by atoms with Gasteiger partial charge < -0.3 is 10.1 Å². The van der Waals surface area contributed by atoms with Crippen molar-refractivity contribution in [2.45, 2.75) is 39.2 Å². The van der Waals surface area contributed by atoms with E-state index in [2.05, 4.69) is 12.2 Å². The Morgan fingerprint density at radius 2 is 2.12 bits per heavy atom. The van der Waals surface area contributed by atoms with Crippen LogP contribution in [0.15, 0.2) is 29.6 Å². The molecule has 1 aromatic carbocycles. The summed E-state index contributed by atoms with van der Waals surface area (Å²) in [7, 11) is 0. The maximum Gasteiger partial charge on any atom is 0.340 e. The second kappa shape index (κ2) is 7.35. The first-order chi connectivity index (χ1) is 12.0. The number of rotatable bonds is 4. The Bertz CT molecular complexity index is 802. The van der Waals surface area contributed by atoms with E-state index in [1.165, 1.54) is 30.0 Å². The van der Waals surface area contributed by atoms with E-state index in [4.69, 9.17) is 4.74 Å². The van der Waals surface area contributed by atoms with Gasteiger partial charge in [0, 0.05) is 10.3 Å². The summed E-state index contributed by atoms with van der Waals surface area (Å²) in [5.41, 5.74) is 1.67. The summed E-state index contributed by atoms with van der Waals surface area (Å²) >= 11 is 1.57. The lowest BCUT2D eigenvalue weighted by molar-refractivity contribution is -0.123. The van der Waals surface area contributed by atoms with E-state index >= 15 is 0 Å². The zero-order valence-corrected chi connectivity index (χ0v) is 15.0. The molecule has 0 aliphatic heterocycles. The number of carbonyl (C=O) groups excluding carboxylic acids is 2. The molecule has 0 radical (unpaired) electrons. The van der Waals surface area contributed by atoms with Gasteiger partial charge in [0.25, 0.3) is 5.91 Å². The SMILES string of the molecule is CC1CCc2c(C(=O)OC(C)C(=O)Nc3ccccc3F)csc2C1. The monoisotopic (exact) mass is 361 g/mol. The van der Waals surface area contributed by atoms with Gasteiger partial charge >= 0.3 is 5.97 Å². The predicted molar refractivity (Wildman–Crippen MR) is 95.4 cm³/mol. The number of amides is 1. The van der Waals surface area contributed by atoms with Crippen molar-refractivity contribution in [3.63, 3.8) is 0 Å². The van der Waals surface area contributed by atoms with Crippen molar-refractivity contribution in [1.82, 2.24) is 0 Å². The molecule has 4 nitrogen and oxygen atoms in total. The molecule has 2 atom stereocenters. The molecule has 0 saturated heterocycles. The average Bonchev–Trinajstić information content (AvgIpc) is 2.99. The van der Waals surface area contributed by atoms with Crippen LogP contribution in [-0.2, 0) is 22.4 Å². The fraction of sp³-hybridized carbons (Fsp3) is 0.368. The molecule has 1 N–H and O–H groups in total. The molecule has 1 amide bonds. The fourth-order valence-corrected chi connectivity index (χ4v) is 4.16. The van der Waals surface area contributed by atoms with E-state index in [-0.39, 0.29) is 5.69 Å². The Kier molecular flexibility index (Phi) is 5.18. The Morgan fingerprint density at radius 3 is 2.88 bits per heavy atom. The normalized spacial score (nSPS) is 17.5. The highest BCUT2D eigenvalue weighted by molar-refractivity contribution is 7.10. The van der Waals surface area contributed by atoms with Gasteiger partial charge in [-0.05, 0) is 49.8 Å². The molecular weight excluding hydrogens is 341 g/mol. The number of benzene rings is 1. The lowest BCUT2D eigenvalue weighted by atomic mass is 9.88. The number of para-hydroxylation sites is 1. The maximum atomic E-state index is 13.6. The second-order valence-corrected chi connectivity index (χ2v) is 7.38. The summed E-state index contributed by atoms with van der Waals surface area (Å²) in [6.45, 7) is 3.69. The van der Waals surface area contributed by atoms with E-state index in [9.17, 15) is 14.0 Å². The minimum atomic E-state index is -1.01. The topological polar surface area (TPSA) is 55.4 Å². The molecule has 0 spiro atoms. The average molecular weight is 361 g/mol. The molecule has 1 heterocycles. The van der Waals surface area contributed by atoms with Crippen LogP contribution in [0.25, 0.3) is 0 Å². The Morgan fingerprint density at radius 1 is 1.36 bits per heavy atom. The van der Waals surface area contributed by atoms with Crippen LogP contribution in [0.2, 0.25) is 0 Å².